The molecule has 0 radical (unpaired) electrons. The fourth-order valence-corrected chi connectivity index (χ4v) is 3.32. The molecule has 0 atom stereocenters. The maximum Gasteiger partial charge on any atom is 0.275 e. The van der Waals surface area contributed by atoms with Crippen LogP contribution >= 0.6 is 11.3 Å². The Morgan fingerprint density at radius 3 is 2.68 bits per heavy atom. The summed E-state index contributed by atoms with van der Waals surface area (Å²) in [5.41, 5.74) is 6.78. The minimum atomic E-state index is -0.210. The minimum Gasteiger partial charge on any atom is -0.508 e. The van der Waals surface area contributed by atoms with E-state index in [0.717, 1.165) is 0 Å². The van der Waals surface area contributed by atoms with Crippen molar-refractivity contribution < 1.29 is 5.11 Å². The lowest BCUT2D eigenvalue weighted by Crippen LogP contribution is -2.17. The van der Waals surface area contributed by atoms with Gasteiger partial charge in [-0.2, -0.15) is 0 Å². The number of nitrogens with two attached hydrogens (primary N) is 1. The Morgan fingerprint density at radius 2 is 1.91 bits per heavy atom. The van der Waals surface area contributed by atoms with Gasteiger partial charge < -0.3 is 10.8 Å². The van der Waals surface area contributed by atoms with Crippen molar-refractivity contribution in [2.75, 3.05) is 5.73 Å². The summed E-state index contributed by atoms with van der Waals surface area (Å²) in [6.45, 7) is 0. The van der Waals surface area contributed by atoms with Crippen LogP contribution in [0.5, 0.6) is 5.75 Å². The molecule has 0 spiro atoms. The Balaban J connectivity index is 2.06. The third kappa shape index (κ3) is 1.74. The van der Waals surface area contributed by atoms with E-state index in [1.54, 1.807) is 12.1 Å². The number of hydrogen-bond donors (Lipinski definition) is 2. The van der Waals surface area contributed by atoms with E-state index in [1.807, 2.05) is 0 Å². The number of rotatable bonds is 1. The average molecular weight is 311 g/mol. The van der Waals surface area contributed by atoms with Gasteiger partial charge in [0.05, 0.1) is 11.1 Å². The van der Waals surface area contributed by atoms with E-state index in [2.05, 4.69) is 15.0 Å². The summed E-state index contributed by atoms with van der Waals surface area (Å²) >= 11 is 1.24. The van der Waals surface area contributed by atoms with E-state index < -0.39 is 0 Å². The van der Waals surface area contributed by atoms with Gasteiger partial charge >= 0.3 is 0 Å². The van der Waals surface area contributed by atoms with Crippen LogP contribution in [0.15, 0.2) is 41.7 Å². The predicted octanol–water partition coefficient (Wildman–Crippen LogP) is 1.68. The molecule has 0 bridgehead atoms. The molecule has 0 saturated carbocycles. The quantitative estimate of drug-likeness (QED) is 0.554. The van der Waals surface area contributed by atoms with Crippen LogP contribution in [0.3, 0.4) is 0 Å². The number of phenols is 1. The second-order valence-electron chi connectivity index (χ2n) is 4.65. The van der Waals surface area contributed by atoms with Crippen LogP contribution in [0, 0.1) is 0 Å². The van der Waals surface area contributed by atoms with Gasteiger partial charge in [-0.05, 0) is 24.3 Å². The third-order valence-corrected chi connectivity index (χ3v) is 4.41. The molecular weight excluding hydrogens is 302 g/mol. The van der Waals surface area contributed by atoms with E-state index in [1.165, 1.54) is 40.7 Å². The molecule has 3 N–H and O–H groups in total. The highest BCUT2D eigenvalue weighted by Gasteiger charge is 2.15. The molecule has 108 valence electrons. The van der Waals surface area contributed by atoms with Crippen LogP contribution in [-0.4, -0.2) is 24.6 Å². The molecule has 0 unspecified atom stereocenters. The van der Waals surface area contributed by atoms with E-state index in [9.17, 15) is 9.90 Å². The predicted molar refractivity (Wildman–Crippen MR) is 84.4 cm³/mol. The van der Waals surface area contributed by atoms with Crippen molar-refractivity contribution in [1.82, 2.24) is 19.5 Å². The number of anilines is 1. The van der Waals surface area contributed by atoms with Gasteiger partial charge in [-0.25, -0.2) is 15.0 Å². The highest BCUT2D eigenvalue weighted by Crippen LogP contribution is 2.31. The van der Waals surface area contributed by atoms with Gasteiger partial charge in [0.2, 0.25) is 0 Å². The van der Waals surface area contributed by atoms with Crippen LogP contribution in [0.4, 0.5) is 5.82 Å². The number of nitrogen functional groups attached to an aromatic ring is 1. The van der Waals surface area contributed by atoms with Crippen molar-refractivity contribution in [2.24, 2.45) is 0 Å². The van der Waals surface area contributed by atoms with E-state index in [0.29, 0.717) is 31.9 Å². The molecule has 0 aliphatic carbocycles. The topological polar surface area (TPSA) is 107 Å². The molecule has 4 aromatic rings. The molecule has 7 nitrogen and oxygen atoms in total. The van der Waals surface area contributed by atoms with E-state index in [4.69, 9.17) is 5.73 Å². The number of fused-ring (bicyclic) bond motifs is 3. The molecule has 0 amide bonds. The molecule has 0 aliphatic heterocycles. The molecule has 0 fully saturated rings. The molecule has 0 saturated heterocycles. The Labute approximate surface area is 127 Å². The first kappa shape index (κ1) is 12.7. The summed E-state index contributed by atoms with van der Waals surface area (Å²) < 4.78 is 1.89. The SMILES string of the molecule is Nc1ncnc2sc3c(=O)n(-c4ccc(O)cc4)cnc3c12. The summed E-state index contributed by atoms with van der Waals surface area (Å²) in [5, 5.41) is 9.95. The summed E-state index contributed by atoms with van der Waals surface area (Å²) in [6, 6.07) is 6.32. The first-order chi connectivity index (χ1) is 10.6. The lowest BCUT2D eigenvalue weighted by molar-refractivity contribution is 0.475. The van der Waals surface area contributed by atoms with Gasteiger partial charge in [-0.15, -0.1) is 11.3 Å². The highest BCUT2D eigenvalue weighted by molar-refractivity contribution is 7.25. The van der Waals surface area contributed by atoms with Crippen LogP contribution < -0.4 is 11.3 Å². The number of hydrogen-bond acceptors (Lipinski definition) is 7. The Bertz CT molecular complexity index is 1070. The maximum absolute atomic E-state index is 12.7. The monoisotopic (exact) mass is 311 g/mol. The van der Waals surface area contributed by atoms with Crippen LogP contribution in [0.2, 0.25) is 0 Å². The highest BCUT2D eigenvalue weighted by atomic mass is 32.1. The van der Waals surface area contributed by atoms with Crippen molar-refractivity contribution in [1.29, 1.82) is 0 Å². The average Bonchev–Trinajstić information content (AvgIpc) is 2.90. The zero-order valence-corrected chi connectivity index (χ0v) is 11.9. The molecular formula is C14H9N5O2S. The fourth-order valence-electron chi connectivity index (χ4n) is 2.28. The molecule has 4 rings (SSSR count). The second-order valence-corrected chi connectivity index (χ2v) is 5.65. The maximum atomic E-state index is 12.7. The fraction of sp³-hybridized carbons (Fsp3) is 0. The Kier molecular flexibility index (Phi) is 2.60. The second kappa shape index (κ2) is 4.50. The first-order valence-electron chi connectivity index (χ1n) is 6.35. The smallest absolute Gasteiger partial charge is 0.275 e. The molecule has 22 heavy (non-hydrogen) atoms. The van der Waals surface area contributed by atoms with Gasteiger partial charge in [0.15, 0.2) is 0 Å². The number of aromatic nitrogens is 4. The zero-order valence-electron chi connectivity index (χ0n) is 11.1. The van der Waals surface area contributed by atoms with Gasteiger partial charge in [0.25, 0.3) is 5.56 Å². The van der Waals surface area contributed by atoms with Crippen molar-refractivity contribution >= 4 is 37.6 Å². The minimum absolute atomic E-state index is 0.135. The Hall–Kier alpha value is -3.00. The number of aromatic hydroxyl groups is 1. The number of thiophene rings is 1. The lowest BCUT2D eigenvalue weighted by atomic mass is 10.3. The van der Waals surface area contributed by atoms with Crippen LogP contribution in [0.1, 0.15) is 0 Å². The van der Waals surface area contributed by atoms with Crippen molar-refractivity contribution in [3.63, 3.8) is 0 Å². The number of nitrogens with zero attached hydrogens (tertiary/aromatic N) is 4. The third-order valence-electron chi connectivity index (χ3n) is 3.34. The Morgan fingerprint density at radius 1 is 1.14 bits per heavy atom. The number of phenolic OH excluding ortho intramolecular Hbond substituents is 1. The molecule has 3 aromatic heterocycles. The summed E-state index contributed by atoms with van der Waals surface area (Å²) in [4.78, 5) is 25.7. The van der Waals surface area contributed by atoms with E-state index >= 15 is 0 Å². The van der Waals surface area contributed by atoms with Gasteiger partial charge in [0, 0.05) is 0 Å². The molecule has 3 heterocycles. The number of benzene rings is 1. The summed E-state index contributed by atoms with van der Waals surface area (Å²) in [6.07, 6.45) is 2.81. The first-order valence-corrected chi connectivity index (χ1v) is 7.16. The summed E-state index contributed by atoms with van der Waals surface area (Å²) in [7, 11) is 0. The van der Waals surface area contributed by atoms with E-state index in [-0.39, 0.29) is 11.3 Å². The van der Waals surface area contributed by atoms with Crippen LogP contribution in [0.25, 0.3) is 26.1 Å². The van der Waals surface area contributed by atoms with Gasteiger partial charge in [-0.1, -0.05) is 0 Å². The normalized spacial score (nSPS) is 11.3. The zero-order chi connectivity index (χ0) is 15.3. The van der Waals surface area contributed by atoms with Gasteiger partial charge in [-0.3, -0.25) is 9.36 Å². The van der Waals surface area contributed by atoms with Crippen molar-refractivity contribution in [3.05, 3.63) is 47.3 Å². The molecule has 8 heteroatoms. The lowest BCUT2D eigenvalue weighted by Gasteiger charge is -2.04. The largest absolute Gasteiger partial charge is 0.508 e. The van der Waals surface area contributed by atoms with Crippen molar-refractivity contribution in [2.45, 2.75) is 0 Å². The van der Waals surface area contributed by atoms with Crippen LogP contribution in [-0.2, 0) is 0 Å². The molecule has 0 aliphatic rings. The molecule has 1 aromatic carbocycles. The van der Waals surface area contributed by atoms with Gasteiger partial charge in [0.1, 0.15) is 39.3 Å². The van der Waals surface area contributed by atoms with Crippen molar-refractivity contribution in [3.8, 4) is 11.4 Å². The standard InChI is InChI=1S/C14H9N5O2S/c15-12-9-10-11(22-13(9)17-5-16-12)14(21)19(6-18-10)7-1-3-8(20)4-2-7/h1-6,20H,(H2,15,16,17). The summed E-state index contributed by atoms with van der Waals surface area (Å²) in [5.74, 6) is 0.446.